The fourth-order valence-electron chi connectivity index (χ4n) is 3.86. The van der Waals surface area contributed by atoms with E-state index in [1.807, 2.05) is 43.3 Å². The van der Waals surface area contributed by atoms with E-state index in [9.17, 15) is 14.7 Å². The number of rotatable bonds is 7. The molecular weight excluding hydrogens is 442 g/mol. The van der Waals surface area contributed by atoms with Gasteiger partial charge >= 0.3 is 0 Å². The lowest BCUT2D eigenvalue weighted by Gasteiger charge is -2.20. The molecule has 170 valence electrons. The Balaban J connectivity index is 1.48. The van der Waals surface area contributed by atoms with Crippen LogP contribution in [-0.4, -0.2) is 52.0 Å². The summed E-state index contributed by atoms with van der Waals surface area (Å²) < 4.78 is 0. The van der Waals surface area contributed by atoms with Crippen LogP contribution in [0.25, 0.3) is 11.3 Å². The highest BCUT2D eigenvalue weighted by molar-refractivity contribution is 6.33. The average Bonchev–Trinajstić information content (AvgIpc) is 3.12. The molecule has 0 radical (unpaired) electrons. The van der Waals surface area contributed by atoms with Crippen molar-refractivity contribution in [2.45, 2.75) is 19.5 Å². The minimum atomic E-state index is -0.537. The molecule has 2 heterocycles. The van der Waals surface area contributed by atoms with Crippen molar-refractivity contribution in [3.8, 4) is 11.3 Å². The molecule has 0 spiro atoms. The lowest BCUT2D eigenvalue weighted by molar-refractivity contribution is -0.122. The number of carbonyl (C=O) groups excluding carboxylic acids is 2. The smallest absolute Gasteiger partial charge is 0.254 e. The number of aliphatic hydroxyl groups is 1. The molecule has 0 saturated heterocycles. The third-order valence-electron chi connectivity index (χ3n) is 5.53. The molecule has 2 amide bonds. The van der Waals surface area contributed by atoms with Crippen LogP contribution in [0.15, 0.2) is 48.7 Å². The van der Waals surface area contributed by atoms with Crippen LogP contribution in [0.3, 0.4) is 0 Å². The van der Waals surface area contributed by atoms with E-state index in [2.05, 4.69) is 20.6 Å². The Morgan fingerprint density at radius 2 is 2.09 bits per heavy atom. The second-order valence-electron chi connectivity index (χ2n) is 7.89. The van der Waals surface area contributed by atoms with Crippen molar-refractivity contribution in [2.24, 2.45) is 0 Å². The molecule has 4 rings (SSSR count). The maximum atomic E-state index is 13.0. The van der Waals surface area contributed by atoms with E-state index in [4.69, 9.17) is 11.6 Å². The summed E-state index contributed by atoms with van der Waals surface area (Å²) in [5.74, 6) is -0.155. The number of halogens is 1. The minimum absolute atomic E-state index is 0.108. The van der Waals surface area contributed by atoms with Crippen LogP contribution in [-0.2, 0) is 11.3 Å². The molecule has 0 bridgehead atoms. The minimum Gasteiger partial charge on any atom is -0.394 e. The molecule has 0 unspecified atom stereocenters. The Kier molecular flexibility index (Phi) is 6.57. The van der Waals surface area contributed by atoms with Crippen molar-refractivity contribution < 1.29 is 14.7 Å². The van der Waals surface area contributed by atoms with E-state index < -0.39 is 6.04 Å². The van der Waals surface area contributed by atoms with Gasteiger partial charge in [-0.2, -0.15) is 0 Å². The molecule has 1 aliphatic heterocycles. The van der Waals surface area contributed by atoms with Crippen molar-refractivity contribution in [3.05, 3.63) is 75.9 Å². The lowest BCUT2D eigenvalue weighted by Crippen LogP contribution is -2.40. The Morgan fingerprint density at radius 3 is 2.82 bits per heavy atom. The summed E-state index contributed by atoms with van der Waals surface area (Å²) >= 11 is 6.27. The molecule has 0 aliphatic carbocycles. The fourth-order valence-corrected chi connectivity index (χ4v) is 4.06. The Morgan fingerprint density at radius 1 is 1.27 bits per heavy atom. The number of amides is 2. The number of carbonyl (C=O) groups is 2. The van der Waals surface area contributed by atoms with E-state index >= 15 is 0 Å². The van der Waals surface area contributed by atoms with Gasteiger partial charge in [-0.25, -0.2) is 9.97 Å². The molecule has 1 aliphatic rings. The van der Waals surface area contributed by atoms with E-state index in [-0.39, 0.29) is 25.0 Å². The molecule has 3 N–H and O–H groups in total. The molecule has 2 aromatic carbocycles. The second kappa shape index (κ2) is 9.56. The Labute approximate surface area is 196 Å². The van der Waals surface area contributed by atoms with Crippen LogP contribution in [0, 0.1) is 6.92 Å². The van der Waals surface area contributed by atoms with Crippen LogP contribution in [0.1, 0.15) is 33.1 Å². The first-order valence-corrected chi connectivity index (χ1v) is 10.9. The zero-order valence-corrected chi connectivity index (χ0v) is 19.1. The Hall–Kier alpha value is -3.49. The third kappa shape index (κ3) is 4.81. The third-order valence-corrected chi connectivity index (χ3v) is 5.80. The normalized spacial score (nSPS) is 13.6. The zero-order chi connectivity index (χ0) is 23.5. The average molecular weight is 466 g/mol. The van der Waals surface area contributed by atoms with Gasteiger partial charge in [0.1, 0.15) is 6.54 Å². The van der Waals surface area contributed by atoms with Crippen LogP contribution >= 0.6 is 11.6 Å². The van der Waals surface area contributed by atoms with Gasteiger partial charge in [0.15, 0.2) is 0 Å². The van der Waals surface area contributed by atoms with Gasteiger partial charge in [0.25, 0.3) is 5.91 Å². The molecule has 0 saturated carbocycles. The standard InChI is InChI=1S/C24H24ClN5O3/c1-14-4-3-5-15(8-14)20(13-31)28-21(32)12-30-11-17-7-6-16(9-18(17)23(30)33)22-19(25)10-27-24(26-2)29-22/h3-10,20,31H,11-13H2,1-2H3,(H,28,32)(H,26,27,29)/t20-/m1/s1. The van der Waals surface area contributed by atoms with Crippen molar-refractivity contribution >= 4 is 29.4 Å². The van der Waals surface area contributed by atoms with Crippen molar-refractivity contribution in [1.82, 2.24) is 20.2 Å². The molecule has 1 atom stereocenters. The fraction of sp³-hybridized carbons (Fsp3) is 0.250. The number of aliphatic hydroxyl groups excluding tert-OH is 1. The van der Waals surface area contributed by atoms with E-state index in [0.29, 0.717) is 34.3 Å². The van der Waals surface area contributed by atoms with Gasteiger partial charge in [0.05, 0.1) is 29.6 Å². The summed E-state index contributed by atoms with van der Waals surface area (Å²) in [5, 5.41) is 15.8. The quantitative estimate of drug-likeness (QED) is 0.495. The first-order valence-electron chi connectivity index (χ1n) is 10.5. The summed E-state index contributed by atoms with van der Waals surface area (Å²) in [5.41, 5.74) is 4.40. The number of aryl methyl sites for hydroxylation is 1. The highest BCUT2D eigenvalue weighted by Crippen LogP contribution is 2.31. The number of nitrogens with zero attached hydrogens (tertiary/aromatic N) is 3. The molecular formula is C24H24ClN5O3. The van der Waals surface area contributed by atoms with Crippen molar-refractivity contribution in [1.29, 1.82) is 0 Å². The van der Waals surface area contributed by atoms with E-state index in [1.54, 1.807) is 13.1 Å². The van der Waals surface area contributed by atoms with E-state index in [1.165, 1.54) is 11.1 Å². The van der Waals surface area contributed by atoms with Crippen LogP contribution in [0.4, 0.5) is 5.95 Å². The van der Waals surface area contributed by atoms with Crippen LogP contribution < -0.4 is 10.6 Å². The van der Waals surface area contributed by atoms with E-state index in [0.717, 1.165) is 16.7 Å². The maximum Gasteiger partial charge on any atom is 0.254 e. The van der Waals surface area contributed by atoms with Gasteiger partial charge in [0, 0.05) is 24.7 Å². The Bertz CT molecular complexity index is 1220. The van der Waals surface area contributed by atoms with Gasteiger partial charge in [-0.1, -0.05) is 53.6 Å². The summed E-state index contributed by atoms with van der Waals surface area (Å²) in [6, 6.07) is 12.5. The van der Waals surface area contributed by atoms with Crippen LogP contribution in [0.2, 0.25) is 5.02 Å². The van der Waals surface area contributed by atoms with Gasteiger partial charge in [0.2, 0.25) is 11.9 Å². The number of hydrogen-bond acceptors (Lipinski definition) is 6. The molecule has 1 aromatic heterocycles. The zero-order valence-electron chi connectivity index (χ0n) is 18.3. The SMILES string of the molecule is CNc1ncc(Cl)c(-c2ccc3c(c2)C(=O)N(CC(=O)N[C@H](CO)c2cccc(C)c2)C3)n1. The predicted octanol–water partition coefficient (Wildman–Crippen LogP) is 2.95. The first-order chi connectivity index (χ1) is 15.9. The number of aromatic nitrogens is 2. The number of hydrogen-bond donors (Lipinski definition) is 3. The summed E-state index contributed by atoms with van der Waals surface area (Å²) in [4.78, 5) is 35.6. The van der Waals surface area contributed by atoms with Gasteiger partial charge in [-0.15, -0.1) is 0 Å². The van der Waals surface area contributed by atoms with Crippen molar-refractivity contribution in [2.75, 3.05) is 25.5 Å². The summed E-state index contributed by atoms with van der Waals surface area (Å²) in [6.45, 7) is 1.93. The largest absolute Gasteiger partial charge is 0.394 e. The first kappa shape index (κ1) is 22.7. The topological polar surface area (TPSA) is 107 Å². The molecule has 33 heavy (non-hydrogen) atoms. The number of fused-ring (bicyclic) bond motifs is 1. The highest BCUT2D eigenvalue weighted by atomic mass is 35.5. The summed E-state index contributed by atoms with van der Waals surface area (Å²) in [6.07, 6.45) is 1.51. The highest BCUT2D eigenvalue weighted by Gasteiger charge is 2.30. The molecule has 0 fully saturated rings. The predicted molar refractivity (Wildman–Crippen MR) is 126 cm³/mol. The van der Waals surface area contributed by atoms with Gasteiger partial charge in [-0.05, 0) is 24.1 Å². The van der Waals surface area contributed by atoms with Gasteiger partial charge in [-0.3, -0.25) is 9.59 Å². The number of nitrogens with one attached hydrogen (secondary N) is 2. The molecule has 3 aromatic rings. The van der Waals surface area contributed by atoms with Crippen molar-refractivity contribution in [3.63, 3.8) is 0 Å². The summed E-state index contributed by atoms with van der Waals surface area (Å²) in [7, 11) is 1.71. The number of anilines is 1. The monoisotopic (exact) mass is 465 g/mol. The maximum absolute atomic E-state index is 13.0. The lowest BCUT2D eigenvalue weighted by atomic mass is 10.0. The van der Waals surface area contributed by atoms with Gasteiger partial charge < -0.3 is 20.6 Å². The van der Waals surface area contributed by atoms with Crippen LogP contribution in [0.5, 0.6) is 0 Å². The second-order valence-corrected chi connectivity index (χ2v) is 8.30. The number of benzene rings is 2. The molecule has 9 heteroatoms. The molecule has 8 nitrogen and oxygen atoms in total.